The van der Waals surface area contributed by atoms with Gasteiger partial charge in [0.25, 0.3) is 0 Å². The molecule has 2 rings (SSSR count). The van der Waals surface area contributed by atoms with Gasteiger partial charge in [0.1, 0.15) is 0 Å². The van der Waals surface area contributed by atoms with E-state index < -0.39 is 0 Å². The van der Waals surface area contributed by atoms with Crippen LogP contribution in [0.1, 0.15) is 5.56 Å². The van der Waals surface area contributed by atoms with Crippen molar-refractivity contribution in [2.24, 2.45) is 0 Å². The van der Waals surface area contributed by atoms with E-state index in [2.05, 4.69) is 20.9 Å². The molecule has 0 radical (unpaired) electrons. The minimum absolute atomic E-state index is 0.230. The number of halogens is 2. The zero-order valence-electron chi connectivity index (χ0n) is 9.28. The second-order valence-corrected chi connectivity index (χ2v) is 4.10. The van der Waals surface area contributed by atoms with Gasteiger partial charge in [0, 0.05) is 17.1 Å². The number of hydrogen-bond donors (Lipinski definition) is 0. The van der Waals surface area contributed by atoms with Crippen molar-refractivity contribution >= 4 is 15.9 Å². The van der Waals surface area contributed by atoms with E-state index in [1.54, 1.807) is 18.3 Å². The van der Waals surface area contributed by atoms with Gasteiger partial charge >= 0.3 is 0 Å². The van der Waals surface area contributed by atoms with Gasteiger partial charge in [-0.05, 0) is 29.8 Å². The number of ether oxygens (including phenoxy) is 1. The molecule has 0 saturated heterocycles. The third kappa shape index (κ3) is 2.64. The standard InChI is InChI=1S/C13H11BrFNO/c1-17-13-6-10(3-4-11(13)15)12-5-2-9(7-14)8-16-12/h2-6,8H,7H2,1H3. The lowest BCUT2D eigenvalue weighted by molar-refractivity contribution is 0.387. The molecule has 0 atom stereocenters. The van der Waals surface area contributed by atoms with E-state index >= 15 is 0 Å². The fourth-order valence-corrected chi connectivity index (χ4v) is 1.83. The number of aromatic nitrogens is 1. The van der Waals surface area contributed by atoms with Crippen molar-refractivity contribution in [3.8, 4) is 17.0 Å². The first kappa shape index (κ1) is 12.0. The molecule has 0 bridgehead atoms. The van der Waals surface area contributed by atoms with Crippen LogP contribution in [-0.4, -0.2) is 12.1 Å². The van der Waals surface area contributed by atoms with Crippen LogP contribution in [-0.2, 0) is 5.33 Å². The van der Waals surface area contributed by atoms with Crippen molar-refractivity contribution in [2.45, 2.75) is 5.33 Å². The Balaban J connectivity index is 2.38. The number of methoxy groups -OCH3 is 1. The Hall–Kier alpha value is -1.42. The first-order valence-corrected chi connectivity index (χ1v) is 6.21. The van der Waals surface area contributed by atoms with Gasteiger partial charge in [-0.1, -0.05) is 22.0 Å². The number of benzene rings is 1. The molecule has 0 aliphatic carbocycles. The van der Waals surface area contributed by atoms with Crippen molar-refractivity contribution < 1.29 is 9.13 Å². The highest BCUT2D eigenvalue weighted by Gasteiger charge is 2.06. The average Bonchev–Trinajstić information content (AvgIpc) is 2.39. The molecule has 1 aromatic carbocycles. The summed E-state index contributed by atoms with van der Waals surface area (Å²) in [4.78, 5) is 4.32. The van der Waals surface area contributed by atoms with Gasteiger partial charge in [-0.15, -0.1) is 0 Å². The highest BCUT2D eigenvalue weighted by atomic mass is 79.9. The summed E-state index contributed by atoms with van der Waals surface area (Å²) in [6, 6.07) is 8.60. The molecular formula is C13H11BrFNO. The molecular weight excluding hydrogens is 285 g/mol. The van der Waals surface area contributed by atoms with E-state index in [1.165, 1.54) is 13.2 Å². The maximum atomic E-state index is 13.3. The van der Waals surface area contributed by atoms with Crippen LogP contribution in [0.15, 0.2) is 36.5 Å². The van der Waals surface area contributed by atoms with E-state index in [4.69, 9.17) is 4.74 Å². The monoisotopic (exact) mass is 295 g/mol. The molecule has 17 heavy (non-hydrogen) atoms. The first-order chi connectivity index (χ1) is 8.24. The molecule has 0 saturated carbocycles. The van der Waals surface area contributed by atoms with Gasteiger partial charge in [-0.3, -0.25) is 4.98 Å². The molecule has 1 aromatic heterocycles. The maximum Gasteiger partial charge on any atom is 0.165 e. The Morgan fingerprint density at radius 3 is 2.71 bits per heavy atom. The van der Waals surface area contributed by atoms with Crippen molar-refractivity contribution in [3.63, 3.8) is 0 Å². The number of nitrogens with zero attached hydrogens (tertiary/aromatic N) is 1. The molecule has 4 heteroatoms. The summed E-state index contributed by atoms with van der Waals surface area (Å²) in [7, 11) is 1.45. The fourth-order valence-electron chi connectivity index (χ4n) is 1.49. The molecule has 0 N–H and O–H groups in total. The van der Waals surface area contributed by atoms with Gasteiger partial charge < -0.3 is 4.74 Å². The minimum Gasteiger partial charge on any atom is -0.494 e. The van der Waals surface area contributed by atoms with Crippen molar-refractivity contribution in [1.29, 1.82) is 0 Å². The Morgan fingerprint density at radius 1 is 1.29 bits per heavy atom. The second-order valence-electron chi connectivity index (χ2n) is 3.53. The van der Waals surface area contributed by atoms with Crippen LogP contribution >= 0.6 is 15.9 Å². The van der Waals surface area contributed by atoms with Crippen molar-refractivity contribution in [1.82, 2.24) is 4.98 Å². The summed E-state index contributed by atoms with van der Waals surface area (Å²) in [5.74, 6) is -0.137. The van der Waals surface area contributed by atoms with Gasteiger partial charge in [0.2, 0.25) is 0 Å². The number of hydrogen-bond acceptors (Lipinski definition) is 2. The molecule has 0 amide bonds. The lowest BCUT2D eigenvalue weighted by Gasteiger charge is -2.05. The Kier molecular flexibility index (Phi) is 3.74. The van der Waals surface area contributed by atoms with Crippen LogP contribution < -0.4 is 4.74 Å². The molecule has 0 unspecified atom stereocenters. The van der Waals surface area contributed by atoms with Crippen LogP contribution in [0.5, 0.6) is 5.75 Å². The zero-order valence-corrected chi connectivity index (χ0v) is 10.9. The second kappa shape index (κ2) is 5.27. The third-order valence-corrected chi connectivity index (χ3v) is 3.07. The number of rotatable bonds is 3. The Labute approximate surface area is 108 Å². The van der Waals surface area contributed by atoms with Crippen LogP contribution in [0.4, 0.5) is 4.39 Å². The van der Waals surface area contributed by atoms with Crippen LogP contribution in [0.25, 0.3) is 11.3 Å². The smallest absolute Gasteiger partial charge is 0.165 e. The summed E-state index contributed by atoms with van der Waals surface area (Å²) in [6.07, 6.45) is 1.79. The highest BCUT2D eigenvalue weighted by molar-refractivity contribution is 9.08. The number of alkyl halides is 1. The Bertz CT molecular complexity index is 513. The summed E-state index contributed by atoms with van der Waals surface area (Å²) in [5.41, 5.74) is 2.74. The fraction of sp³-hybridized carbons (Fsp3) is 0.154. The van der Waals surface area contributed by atoms with Crippen LogP contribution in [0.2, 0.25) is 0 Å². The summed E-state index contributed by atoms with van der Waals surface area (Å²) < 4.78 is 18.2. The lowest BCUT2D eigenvalue weighted by atomic mass is 10.1. The predicted octanol–water partition coefficient (Wildman–Crippen LogP) is 3.79. The summed E-state index contributed by atoms with van der Waals surface area (Å²) in [5, 5.41) is 0.771. The molecule has 2 nitrogen and oxygen atoms in total. The van der Waals surface area contributed by atoms with Crippen LogP contribution in [0, 0.1) is 5.82 Å². The lowest BCUT2D eigenvalue weighted by Crippen LogP contribution is -1.90. The quantitative estimate of drug-likeness (QED) is 0.804. The van der Waals surface area contributed by atoms with Gasteiger partial charge in [-0.2, -0.15) is 0 Å². The molecule has 0 aliphatic rings. The largest absolute Gasteiger partial charge is 0.494 e. The Morgan fingerprint density at radius 2 is 2.12 bits per heavy atom. The van der Waals surface area contributed by atoms with E-state index in [-0.39, 0.29) is 11.6 Å². The minimum atomic E-state index is -0.367. The maximum absolute atomic E-state index is 13.3. The van der Waals surface area contributed by atoms with Gasteiger partial charge in [0.05, 0.1) is 12.8 Å². The molecule has 1 heterocycles. The number of pyridine rings is 1. The predicted molar refractivity (Wildman–Crippen MR) is 68.8 cm³/mol. The van der Waals surface area contributed by atoms with E-state index in [0.717, 1.165) is 22.2 Å². The van der Waals surface area contributed by atoms with Crippen molar-refractivity contribution in [2.75, 3.05) is 7.11 Å². The average molecular weight is 296 g/mol. The third-order valence-electron chi connectivity index (χ3n) is 2.43. The van der Waals surface area contributed by atoms with Crippen molar-refractivity contribution in [3.05, 3.63) is 47.9 Å². The molecule has 2 aromatic rings. The SMILES string of the molecule is COc1cc(-c2ccc(CBr)cn2)ccc1F. The van der Waals surface area contributed by atoms with Gasteiger partial charge in [0.15, 0.2) is 11.6 Å². The molecule has 0 aliphatic heterocycles. The zero-order chi connectivity index (χ0) is 12.3. The first-order valence-electron chi connectivity index (χ1n) is 5.09. The van der Waals surface area contributed by atoms with E-state index in [9.17, 15) is 4.39 Å². The molecule has 0 spiro atoms. The normalized spacial score (nSPS) is 10.3. The van der Waals surface area contributed by atoms with E-state index in [0.29, 0.717) is 0 Å². The van der Waals surface area contributed by atoms with Crippen LogP contribution in [0.3, 0.4) is 0 Å². The molecule has 88 valence electrons. The topological polar surface area (TPSA) is 22.1 Å². The summed E-state index contributed by atoms with van der Waals surface area (Å²) in [6.45, 7) is 0. The van der Waals surface area contributed by atoms with Gasteiger partial charge in [-0.25, -0.2) is 4.39 Å². The summed E-state index contributed by atoms with van der Waals surface area (Å²) >= 11 is 3.36. The van der Waals surface area contributed by atoms with E-state index in [1.807, 2.05) is 12.1 Å². The highest BCUT2D eigenvalue weighted by Crippen LogP contribution is 2.25. The molecule has 0 fully saturated rings.